The molecule has 0 aliphatic carbocycles. The highest BCUT2D eigenvalue weighted by Gasteiger charge is 2.52. The zero-order valence-electron chi connectivity index (χ0n) is 15.1. The molecule has 3 aromatic heterocycles. The first kappa shape index (κ1) is 16.2. The number of pyridine rings is 2. The molecule has 0 N–H and O–H groups in total. The Kier molecular flexibility index (Phi) is 3.49. The minimum absolute atomic E-state index is 0.380. The van der Waals surface area contributed by atoms with E-state index in [2.05, 4.69) is 15.1 Å². The Balaban J connectivity index is 1.77. The van der Waals surface area contributed by atoms with Crippen LogP contribution in [0.4, 0.5) is 0 Å². The van der Waals surface area contributed by atoms with Gasteiger partial charge in [-0.2, -0.15) is 5.10 Å². The normalized spacial score (nSPS) is 18.8. The fourth-order valence-electron chi connectivity index (χ4n) is 2.92. The molecule has 0 radical (unpaired) electrons. The van der Waals surface area contributed by atoms with Gasteiger partial charge >= 0.3 is 7.12 Å². The molecule has 0 spiro atoms. The number of hydrogen-bond donors (Lipinski definition) is 0. The number of aromatic nitrogens is 4. The molecule has 4 heterocycles. The van der Waals surface area contributed by atoms with Crippen LogP contribution in [-0.4, -0.2) is 38.1 Å². The van der Waals surface area contributed by atoms with Crippen molar-refractivity contribution < 1.29 is 9.31 Å². The van der Waals surface area contributed by atoms with Gasteiger partial charge in [0.2, 0.25) is 0 Å². The Hall–Kier alpha value is -2.25. The van der Waals surface area contributed by atoms with Crippen LogP contribution in [0.25, 0.3) is 22.4 Å². The Morgan fingerprint density at radius 3 is 2.32 bits per heavy atom. The second kappa shape index (κ2) is 5.38. The molecule has 6 nitrogen and oxygen atoms in total. The molecule has 25 heavy (non-hydrogen) atoms. The van der Waals surface area contributed by atoms with Crippen LogP contribution in [0, 0.1) is 0 Å². The van der Waals surface area contributed by atoms with Crippen molar-refractivity contribution in [3.8, 4) is 11.4 Å². The monoisotopic (exact) mass is 336 g/mol. The fourth-order valence-corrected chi connectivity index (χ4v) is 2.92. The fraction of sp³-hybridized carbons (Fsp3) is 0.389. The van der Waals surface area contributed by atoms with Gasteiger partial charge in [0.05, 0.1) is 16.9 Å². The summed E-state index contributed by atoms with van der Waals surface area (Å²) in [7, 11) is 1.46. The number of hydrogen-bond acceptors (Lipinski definition) is 5. The van der Waals surface area contributed by atoms with Crippen molar-refractivity contribution in [2.45, 2.75) is 38.9 Å². The number of nitrogens with zero attached hydrogens (tertiary/aromatic N) is 4. The van der Waals surface area contributed by atoms with Crippen molar-refractivity contribution in [3.05, 3.63) is 36.7 Å². The van der Waals surface area contributed by atoms with Crippen LogP contribution in [0.1, 0.15) is 27.7 Å². The van der Waals surface area contributed by atoms with E-state index in [1.165, 1.54) is 0 Å². The molecule has 0 aromatic carbocycles. The number of fused-ring (bicyclic) bond motifs is 1. The quantitative estimate of drug-likeness (QED) is 0.672. The summed E-state index contributed by atoms with van der Waals surface area (Å²) in [6.45, 7) is 8.20. The summed E-state index contributed by atoms with van der Waals surface area (Å²) < 4.78 is 14.1. The minimum Gasteiger partial charge on any atom is -0.399 e. The number of aryl methyl sites for hydroxylation is 1. The third kappa shape index (κ3) is 2.64. The van der Waals surface area contributed by atoms with Gasteiger partial charge in [-0.1, -0.05) is 0 Å². The average Bonchev–Trinajstić information content (AvgIpc) is 3.07. The molecule has 1 aliphatic rings. The lowest BCUT2D eigenvalue weighted by molar-refractivity contribution is 0.00578. The van der Waals surface area contributed by atoms with Gasteiger partial charge in [0.25, 0.3) is 0 Å². The van der Waals surface area contributed by atoms with Gasteiger partial charge in [0.1, 0.15) is 5.69 Å². The predicted molar refractivity (Wildman–Crippen MR) is 97.5 cm³/mol. The van der Waals surface area contributed by atoms with E-state index in [0.717, 1.165) is 22.2 Å². The number of rotatable bonds is 2. The van der Waals surface area contributed by atoms with Gasteiger partial charge in [-0.15, -0.1) is 0 Å². The SMILES string of the molecule is Cn1ccc(-c2ccc3c(B4OC(C)(C)C(C)(C)O4)ccnc3n2)n1. The first-order valence-corrected chi connectivity index (χ1v) is 8.38. The van der Waals surface area contributed by atoms with Crippen molar-refractivity contribution in [1.29, 1.82) is 0 Å². The molecule has 0 saturated carbocycles. The molecule has 128 valence electrons. The predicted octanol–water partition coefficient (Wildman–Crippen LogP) is 2.33. The van der Waals surface area contributed by atoms with E-state index in [0.29, 0.717) is 5.65 Å². The van der Waals surface area contributed by atoms with Crippen LogP contribution in [0.3, 0.4) is 0 Å². The van der Waals surface area contributed by atoms with Crippen LogP contribution in [0.15, 0.2) is 36.7 Å². The maximum absolute atomic E-state index is 6.18. The first-order valence-electron chi connectivity index (χ1n) is 8.38. The van der Waals surface area contributed by atoms with Crippen LogP contribution in [-0.2, 0) is 16.4 Å². The van der Waals surface area contributed by atoms with Gasteiger partial charge in [-0.05, 0) is 57.4 Å². The summed E-state index contributed by atoms with van der Waals surface area (Å²) in [4.78, 5) is 9.09. The highest BCUT2D eigenvalue weighted by molar-refractivity contribution is 6.65. The smallest absolute Gasteiger partial charge is 0.399 e. The van der Waals surface area contributed by atoms with Crippen molar-refractivity contribution in [1.82, 2.24) is 19.7 Å². The standard InChI is InChI=1S/C18H21BN4O2/c1-17(2)18(3,4)25-19(24-17)13-8-10-20-16-12(13)6-7-14(21-16)15-9-11-23(5)22-15/h6-11H,1-5H3. The van der Waals surface area contributed by atoms with E-state index in [1.54, 1.807) is 10.9 Å². The van der Waals surface area contributed by atoms with Gasteiger partial charge < -0.3 is 9.31 Å². The van der Waals surface area contributed by atoms with Crippen molar-refractivity contribution in [2.75, 3.05) is 0 Å². The van der Waals surface area contributed by atoms with E-state index < -0.39 is 7.12 Å². The largest absolute Gasteiger partial charge is 0.495 e. The third-order valence-electron chi connectivity index (χ3n) is 5.12. The van der Waals surface area contributed by atoms with E-state index >= 15 is 0 Å². The summed E-state index contributed by atoms with van der Waals surface area (Å²) in [6.07, 6.45) is 3.65. The first-order chi connectivity index (χ1) is 11.8. The highest BCUT2D eigenvalue weighted by atomic mass is 16.7. The second-order valence-corrected chi connectivity index (χ2v) is 7.43. The zero-order chi connectivity index (χ0) is 17.8. The van der Waals surface area contributed by atoms with E-state index in [-0.39, 0.29) is 11.2 Å². The van der Waals surface area contributed by atoms with Crippen LogP contribution >= 0.6 is 0 Å². The highest BCUT2D eigenvalue weighted by Crippen LogP contribution is 2.36. The molecular formula is C18H21BN4O2. The minimum atomic E-state index is -0.432. The van der Waals surface area contributed by atoms with Crippen molar-refractivity contribution in [3.63, 3.8) is 0 Å². The lowest BCUT2D eigenvalue weighted by Crippen LogP contribution is -2.41. The summed E-state index contributed by atoms with van der Waals surface area (Å²) in [5.41, 5.74) is 2.47. The molecule has 1 fully saturated rings. The molecule has 1 aliphatic heterocycles. The molecular weight excluding hydrogens is 315 g/mol. The van der Waals surface area contributed by atoms with Crippen LogP contribution < -0.4 is 5.46 Å². The molecule has 1 saturated heterocycles. The van der Waals surface area contributed by atoms with E-state index in [4.69, 9.17) is 9.31 Å². The maximum atomic E-state index is 6.18. The summed E-state index contributed by atoms with van der Waals surface area (Å²) in [5.74, 6) is 0. The van der Waals surface area contributed by atoms with Crippen molar-refractivity contribution >= 4 is 23.6 Å². The van der Waals surface area contributed by atoms with E-state index in [9.17, 15) is 0 Å². The van der Waals surface area contributed by atoms with E-state index in [1.807, 2.05) is 65.2 Å². The summed E-state index contributed by atoms with van der Waals surface area (Å²) in [5, 5.41) is 5.33. The van der Waals surface area contributed by atoms with Gasteiger partial charge in [-0.25, -0.2) is 9.97 Å². The third-order valence-corrected chi connectivity index (χ3v) is 5.12. The van der Waals surface area contributed by atoms with Crippen molar-refractivity contribution in [2.24, 2.45) is 7.05 Å². The average molecular weight is 336 g/mol. The Morgan fingerprint density at radius 1 is 0.960 bits per heavy atom. The topological polar surface area (TPSA) is 62.1 Å². The molecule has 7 heteroatoms. The maximum Gasteiger partial charge on any atom is 0.495 e. The Morgan fingerprint density at radius 2 is 1.68 bits per heavy atom. The van der Waals surface area contributed by atoms with Crippen LogP contribution in [0.5, 0.6) is 0 Å². The molecule has 3 aromatic rings. The molecule has 4 rings (SSSR count). The lowest BCUT2D eigenvalue weighted by Gasteiger charge is -2.32. The molecule has 0 amide bonds. The van der Waals surface area contributed by atoms with Gasteiger partial charge in [0, 0.05) is 24.8 Å². The zero-order valence-corrected chi connectivity index (χ0v) is 15.1. The van der Waals surface area contributed by atoms with Gasteiger partial charge in [0.15, 0.2) is 5.65 Å². The molecule has 0 unspecified atom stereocenters. The summed E-state index contributed by atoms with van der Waals surface area (Å²) >= 11 is 0. The Bertz CT molecular complexity index is 935. The lowest BCUT2D eigenvalue weighted by atomic mass is 9.77. The van der Waals surface area contributed by atoms with Crippen LogP contribution in [0.2, 0.25) is 0 Å². The van der Waals surface area contributed by atoms with Gasteiger partial charge in [-0.3, -0.25) is 4.68 Å². The second-order valence-electron chi connectivity index (χ2n) is 7.43. The Labute approximate surface area is 147 Å². The summed E-state index contributed by atoms with van der Waals surface area (Å²) in [6, 6.07) is 7.85. The molecule has 0 bridgehead atoms. The molecule has 0 atom stereocenters.